The molecule has 1 aliphatic rings. The molecule has 0 saturated heterocycles. The molecule has 0 aliphatic carbocycles. The van der Waals surface area contributed by atoms with Crippen LogP contribution in [0.2, 0.25) is 0 Å². The van der Waals surface area contributed by atoms with Crippen molar-refractivity contribution in [2.45, 2.75) is 6.42 Å². The van der Waals surface area contributed by atoms with E-state index in [1.54, 1.807) is 12.4 Å². The highest BCUT2D eigenvalue weighted by Gasteiger charge is 1.99. The van der Waals surface area contributed by atoms with E-state index in [1.165, 1.54) is 0 Å². The molecule has 0 radical (unpaired) electrons. The van der Waals surface area contributed by atoms with Gasteiger partial charge in [-0.3, -0.25) is 4.79 Å². The van der Waals surface area contributed by atoms with Gasteiger partial charge in [0, 0.05) is 0 Å². The van der Waals surface area contributed by atoms with E-state index in [0.717, 1.165) is 12.1 Å². The Morgan fingerprint density at radius 2 is 2.67 bits per heavy atom. The monoisotopic (exact) mass is 123 g/mol. The number of nitrogens with one attached hydrogen (secondary N) is 1. The molecule has 1 aliphatic heterocycles. The lowest BCUT2D eigenvalue weighted by atomic mass is 10.3. The van der Waals surface area contributed by atoms with Gasteiger partial charge >= 0.3 is 6.21 Å². The third-order valence-electron chi connectivity index (χ3n) is 0.988. The Balaban J connectivity index is 2.60. The lowest BCUT2D eigenvalue weighted by Crippen LogP contribution is -2.14. The standard InChI is InChI=1S/C6H6N2O/c9-5-8-6-2-1-3-7-4-6/h2-5H,1H2/p+1. The maximum atomic E-state index is 9.85. The minimum atomic E-state index is 0.642. The lowest BCUT2D eigenvalue weighted by molar-refractivity contribution is -0.108. The first-order valence-corrected chi connectivity index (χ1v) is 2.68. The quantitative estimate of drug-likeness (QED) is 0.380. The zero-order chi connectivity index (χ0) is 6.53. The molecule has 0 aromatic carbocycles. The molecule has 1 heterocycles. The number of nitrogens with zero attached hydrogens (tertiary/aromatic N) is 1. The van der Waals surface area contributed by atoms with Gasteiger partial charge in [0.15, 0.2) is 0 Å². The Labute approximate surface area is 52.8 Å². The van der Waals surface area contributed by atoms with Gasteiger partial charge in [0.1, 0.15) is 5.70 Å². The molecule has 0 atom stereocenters. The summed E-state index contributed by atoms with van der Waals surface area (Å²) in [5.74, 6) is 0. The molecule has 9 heavy (non-hydrogen) atoms. The average Bonchev–Trinajstić information content (AvgIpc) is 1.91. The fourth-order valence-electron chi connectivity index (χ4n) is 0.590. The second kappa shape index (κ2) is 2.84. The van der Waals surface area contributed by atoms with Crippen LogP contribution in [0.25, 0.3) is 0 Å². The minimum Gasteiger partial charge on any atom is -0.323 e. The Kier molecular flexibility index (Phi) is 1.83. The molecular weight excluding hydrogens is 116 g/mol. The van der Waals surface area contributed by atoms with Gasteiger partial charge < -0.3 is 5.32 Å². The highest BCUT2D eigenvalue weighted by atomic mass is 16.1. The van der Waals surface area contributed by atoms with E-state index in [4.69, 9.17) is 0 Å². The summed E-state index contributed by atoms with van der Waals surface area (Å²) in [7, 11) is 0. The molecule has 1 amide bonds. The van der Waals surface area contributed by atoms with Crippen molar-refractivity contribution in [2.75, 3.05) is 0 Å². The van der Waals surface area contributed by atoms with Crippen molar-refractivity contribution >= 4 is 18.8 Å². The Bertz CT molecular complexity index is 199. The number of rotatable bonds is 2. The largest absolute Gasteiger partial charge is 0.323 e. The van der Waals surface area contributed by atoms with E-state index in [1.807, 2.05) is 6.08 Å². The molecule has 1 rings (SSSR count). The summed E-state index contributed by atoms with van der Waals surface area (Å²) >= 11 is 0. The third-order valence-corrected chi connectivity index (χ3v) is 0.988. The minimum absolute atomic E-state index is 0.642. The topological polar surface area (TPSA) is 43.2 Å². The van der Waals surface area contributed by atoms with E-state index in [0.29, 0.717) is 6.41 Å². The molecular formula is C6H7N2O+. The summed E-state index contributed by atoms with van der Waals surface area (Å²) in [6.07, 6.45) is 6.71. The fraction of sp³-hybridized carbons (Fsp3) is 0.167. The molecule has 1 N–H and O–H groups in total. The molecule has 46 valence electrons. The van der Waals surface area contributed by atoms with Gasteiger partial charge in [-0.25, -0.2) is 0 Å². The molecule has 3 nitrogen and oxygen atoms in total. The van der Waals surface area contributed by atoms with E-state index >= 15 is 0 Å². The second-order valence-corrected chi connectivity index (χ2v) is 1.62. The number of amides is 1. The van der Waals surface area contributed by atoms with Crippen molar-refractivity contribution in [1.82, 2.24) is 9.98 Å². The SMILES string of the molecule is O=CNC1=CCC=[N+]=C1. The maximum Gasteiger partial charge on any atom is 0.314 e. The van der Waals surface area contributed by atoms with Crippen LogP contribution < -0.4 is 9.98 Å². The fourth-order valence-corrected chi connectivity index (χ4v) is 0.590. The van der Waals surface area contributed by atoms with E-state index < -0.39 is 0 Å². The van der Waals surface area contributed by atoms with E-state index in [9.17, 15) is 4.79 Å². The molecule has 3 heteroatoms. The predicted octanol–water partition coefficient (Wildman–Crippen LogP) is -0.771. The van der Waals surface area contributed by atoms with E-state index in [2.05, 4.69) is 9.98 Å². The van der Waals surface area contributed by atoms with Crippen molar-refractivity contribution in [3.05, 3.63) is 11.8 Å². The van der Waals surface area contributed by atoms with Gasteiger partial charge in [0.25, 0.3) is 6.21 Å². The zero-order valence-electron chi connectivity index (χ0n) is 4.87. The molecule has 0 spiro atoms. The van der Waals surface area contributed by atoms with Crippen LogP contribution >= 0.6 is 0 Å². The number of carbonyl (C=O) groups excluding carboxylic acids is 1. The van der Waals surface area contributed by atoms with Crippen molar-refractivity contribution in [3.8, 4) is 0 Å². The van der Waals surface area contributed by atoms with Gasteiger partial charge in [0.2, 0.25) is 6.41 Å². The predicted molar refractivity (Wildman–Crippen MR) is 36.2 cm³/mol. The van der Waals surface area contributed by atoms with Crippen LogP contribution in [0.3, 0.4) is 0 Å². The Morgan fingerprint density at radius 1 is 1.78 bits per heavy atom. The number of carbonyl (C=O) groups is 1. The van der Waals surface area contributed by atoms with Crippen LogP contribution in [0.4, 0.5) is 0 Å². The molecule has 0 saturated carbocycles. The average molecular weight is 123 g/mol. The first kappa shape index (κ1) is 5.79. The Hall–Kier alpha value is -1.34. The van der Waals surface area contributed by atoms with Crippen molar-refractivity contribution < 1.29 is 4.79 Å². The second-order valence-electron chi connectivity index (χ2n) is 1.62. The molecule has 0 aromatic rings. The summed E-state index contributed by atoms with van der Waals surface area (Å²) in [5, 5.41) is 2.50. The van der Waals surface area contributed by atoms with Crippen molar-refractivity contribution in [2.24, 2.45) is 0 Å². The first-order chi connectivity index (χ1) is 4.43. The highest BCUT2D eigenvalue weighted by Crippen LogP contribution is 1.86. The normalized spacial score (nSPS) is 14.9. The van der Waals surface area contributed by atoms with Crippen LogP contribution in [0.5, 0.6) is 0 Å². The summed E-state index contributed by atoms with van der Waals surface area (Å²) in [5.41, 5.74) is 0.771. The van der Waals surface area contributed by atoms with E-state index in [-0.39, 0.29) is 0 Å². The number of hydrogen-bond donors (Lipinski definition) is 1. The number of allylic oxidation sites excluding steroid dienone is 2. The van der Waals surface area contributed by atoms with Crippen LogP contribution in [-0.2, 0) is 4.79 Å². The van der Waals surface area contributed by atoms with Gasteiger partial charge in [-0.15, -0.1) is 4.67 Å². The lowest BCUT2D eigenvalue weighted by Gasteiger charge is -1.90. The van der Waals surface area contributed by atoms with Crippen molar-refractivity contribution in [1.29, 1.82) is 0 Å². The Morgan fingerprint density at radius 3 is 3.22 bits per heavy atom. The third kappa shape index (κ3) is 1.55. The molecule has 0 aromatic heterocycles. The summed E-state index contributed by atoms with van der Waals surface area (Å²) in [4.78, 5) is 9.85. The van der Waals surface area contributed by atoms with Crippen LogP contribution in [0.1, 0.15) is 6.42 Å². The van der Waals surface area contributed by atoms with Crippen LogP contribution in [0.15, 0.2) is 11.8 Å². The molecule has 0 bridgehead atoms. The molecule has 0 fully saturated rings. The molecule has 0 unspecified atom stereocenters. The first-order valence-electron chi connectivity index (χ1n) is 2.68. The highest BCUT2D eigenvalue weighted by molar-refractivity contribution is 5.85. The summed E-state index contributed by atoms with van der Waals surface area (Å²) < 4.78 is 3.84. The van der Waals surface area contributed by atoms with Gasteiger partial charge in [0.05, 0.1) is 6.42 Å². The van der Waals surface area contributed by atoms with Gasteiger partial charge in [-0.1, -0.05) is 0 Å². The van der Waals surface area contributed by atoms with Gasteiger partial charge in [-0.05, 0) is 6.08 Å². The van der Waals surface area contributed by atoms with Gasteiger partial charge in [-0.2, -0.15) is 0 Å². The number of hydrogen-bond acceptors (Lipinski definition) is 1. The summed E-state index contributed by atoms with van der Waals surface area (Å²) in [6.45, 7) is 0. The summed E-state index contributed by atoms with van der Waals surface area (Å²) in [6, 6.07) is 0. The van der Waals surface area contributed by atoms with Crippen LogP contribution in [-0.4, -0.2) is 18.8 Å². The van der Waals surface area contributed by atoms with Crippen molar-refractivity contribution in [3.63, 3.8) is 0 Å². The zero-order valence-corrected chi connectivity index (χ0v) is 4.87. The maximum absolute atomic E-state index is 9.85. The van der Waals surface area contributed by atoms with Crippen LogP contribution in [0, 0.1) is 0 Å². The smallest absolute Gasteiger partial charge is 0.314 e.